The van der Waals surface area contributed by atoms with E-state index in [4.69, 9.17) is 0 Å². The highest BCUT2D eigenvalue weighted by Crippen LogP contribution is 2.28. The van der Waals surface area contributed by atoms with Crippen LogP contribution in [0.15, 0.2) is 71.4 Å². The Morgan fingerprint density at radius 1 is 1.12 bits per heavy atom. The van der Waals surface area contributed by atoms with Gasteiger partial charge >= 0.3 is 6.03 Å². The molecule has 2 aromatic carbocycles. The number of urea groups is 1. The van der Waals surface area contributed by atoms with Crippen molar-refractivity contribution < 1.29 is 14.4 Å². The van der Waals surface area contributed by atoms with Crippen LogP contribution in [-0.2, 0) is 16.0 Å². The minimum atomic E-state index is -0.989. The van der Waals surface area contributed by atoms with Crippen LogP contribution in [0.25, 0.3) is 0 Å². The summed E-state index contributed by atoms with van der Waals surface area (Å²) in [6.07, 6.45) is 0.399. The van der Waals surface area contributed by atoms with Gasteiger partial charge in [0, 0.05) is 21.6 Å². The van der Waals surface area contributed by atoms with E-state index in [1.54, 1.807) is 12.1 Å². The first-order valence-electron chi connectivity index (χ1n) is 10.2. The lowest BCUT2D eigenvalue weighted by molar-refractivity contribution is -0.134. The van der Waals surface area contributed by atoms with Gasteiger partial charge in [0.2, 0.25) is 5.91 Å². The van der Waals surface area contributed by atoms with Gasteiger partial charge in [0.15, 0.2) is 0 Å². The van der Waals surface area contributed by atoms with E-state index in [9.17, 15) is 14.4 Å². The molecule has 4 amide bonds. The summed E-state index contributed by atoms with van der Waals surface area (Å²) in [7, 11) is 0. The Hall–Kier alpha value is -2.72. The summed E-state index contributed by atoms with van der Waals surface area (Å²) >= 11 is 3.73. The van der Waals surface area contributed by atoms with Gasteiger partial charge in [0.1, 0.15) is 12.1 Å². The molecule has 2 heterocycles. The van der Waals surface area contributed by atoms with Gasteiger partial charge in [-0.25, -0.2) is 9.69 Å². The van der Waals surface area contributed by atoms with Crippen LogP contribution in [-0.4, -0.2) is 34.8 Å². The van der Waals surface area contributed by atoms with Crippen LogP contribution in [0.2, 0.25) is 0 Å². The first-order valence-corrected chi connectivity index (χ1v) is 12.2. The Labute approximate surface area is 204 Å². The van der Waals surface area contributed by atoms with Gasteiger partial charge in [0.05, 0.1) is 0 Å². The molecule has 0 spiro atoms. The Balaban J connectivity index is 1.63. The van der Waals surface area contributed by atoms with Crippen LogP contribution in [0, 0.1) is 3.57 Å². The molecule has 32 heavy (non-hydrogen) atoms. The Bertz CT molecular complexity index is 1100. The molecule has 3 aromatic rings. The fourth-order valence-electron chi connectivity index (χ4n) is 3.85. The minimum Gasteiger partial charge on any atom is -0.325 e. The van der Waals surface area contributed by atoms with E-state index < -0.39 is 29.9 Å². The fraction of sp³-hybridized carbons (Fsp3) is 0.208. The van der Waals surface area contributed by atoms with Gasteiger partial charge in [0.25, 0.3) is 5.91 Å². The predicted octanol–water partition coefficient (Wildman–Crippen LogP) is 4.63. The number of rotatable bonds is 7. The molecule has 1 fully saturated rings. The van der Waals surface area contributed by atoms with E-state index >= 15 is 0 Å². The van der Waals surface area contributed by atoms with Gasteiger partial charge in [-0.2, -0.15) is 11.3 Å². The maximum atomic E-state index is 13.4. The normalized spacial score (nSPS) is 17.7. The van der Waals surface area contributed by atoms with Crippen molar-refractivity contribution in [1.82, 2.24) is 10.2 Å². The minimum absolute atomic E-state index is 0.383. The number of hydrogen-bond donors (Lipinski definition) is 2. The van der Waals surface area contributed by atoms with Crippen LogP contribution >= 0.6 is 33.9 Å². The molecule has 3 atom stereocenters. The summed E-state index contributed by atoms with van der Waals surface area (Å²) in [5.41, 5.74) is 2.46. The number of benzene rings is 2. The summed E-state index contributed by atoms with van der Waals surface area (Å²) in [5, 5.41) is 9.54. The zero-order valence-electron chi connectivity index (χ0n) is 17.3. The maximum absolute atomic E-state index is 13.4. The van der Waals surface area contributed by atoms with Gasteiger partial charge in [-0.1, -0.05) is 37.3 Å². The van der Waals surface area contributed by atoms with Gasteiger partial charge in [-0.05, 0) is 74.8 Å². The quantitative estimate of drug-likeness (QED) is 0.328. The van der Waals surface area contributed by atoms with Gasteiger partial charge in [-0.15, -0.1) is 0 Å². The number of imide groups is 1. The van der Waals surface area contributed by atoms with Crippen LogP contribution in [0.1, 0.15) is 24.0 Å². The number of carbonyl (C=O) groups excluding carboxylic acids is 3. The number of nitrogens with one attached hydrogen (secondary N) is 2. The Morgan fingerprint density at radius 2 is 1.84 bits per heavy atom. The summed E-state index contributed by atoms with van der Waals surface area (Å²) in [6.45, 7) is 1.86. The summed E-state index contributed by atoms with van der Waals surface area (Å²) in [6, 6.07) is 16.5. The third-order valence-electron chi connectivity index (χ3n) is 5.53. The lowest BCUT2D eigenvalue weighted by atomic mass is 9.91. The molecule has 4 rings (SSSR count). The summed E-state index contributed by atoms with van der Waals surface area (Å²) < 4.78 is 1.04. The summed E-state index contributed by atoms with van der Waals surface area (Å²) in [4.78, 5) is 40.7. The SMILES string of the molecule is C[C@@H](c1ccccc1)[C@@H](C(=O)Nc1ccc(I)cc1)N1C(=O)NC(Cc2ccsc2)C1=O. The molecular weight excluding hydrogens is 537 g/mol. The standard InChI is InChI=1S/C24H22IN3O3S/c1-15(17-5-3-2-4-6-17)21(22(29)26-19-9-7-18(25)8-10-19)28-23(30)20(27-24(28)31)13-16-11-12-32-14-16/h2-12,14-15,20-21H,13H2,1H3,(H,26,29)(H,27,31)/t15-,20?,21-/m0/s1. The third kappa shape index (κ3) is 4.86. The molecule has 1 unspecified atom stereocenters. The highest BCUT2D eigenvalue weighted by Gasteiger charge is 2.46. The molecular formula is C24H22IN3O3S. The second-order valence-electron chi connectivity index (χ2n) is 7.69. The fourth-order valence-corrected chi connectivity index (χ4v) is 4.89. The van der Waals surface area contributed by atoms with Gasteiger partial charge in [-0.3, -0.25) is 9.59 Å². The number of halogens is 1. The van der Waals surface area contributed by atoms with E-state index in [1.807, 2.05) is 66.2 Å². The van der Waals surface area contributed by atoms with Crippen molar-refractivity contribution >= 4 is 57.5 Å². The molecule has 1 aliphatic rings. The first kappa shape index (κ1) is 22.5. The molecule has 1 saturated heterocycles. The van der Waals surface area contributed by atoms with Crippen LogP contribution < -0.4 is 10.6 Å². The molecule has 0 radical (unpaired) electrons. The van der Waals surface area contributed by atoms with Crippen molar-refractivity contribution in [2.75, 3.05) is 5.32 Å². The lowest BCUT2D eigenvalue weighted by Gasteiger charge is -2.30. The Kier molecular flexibility index (Phi) is 6.90. The lowest BCUT2D eigenvalue weighted by Crippen LogP contribution is -2.50. The number of nitrogens with zero attached hydrogens (tertiary/aromatic N) is 1. The average molecular weight is 559 g/mol. The second kappa shape index (κ2) is 9.83. The molecule has 0 saturated carbocycles. The van der Waals surface area contributed by atoms with Crippen LogP contribution in [0.3, 0.4) is 0 Å². The highest BCUT2D eigenvalue weighted by atomic mass is 127. The highest BCUT2D eigenvalue weighted by molar-refractivity contribution is 14.1. The molecule has 6 nitrogen and oxygen atoms in total. The smallest absolute Gasteiger partial charge is 0.325 e. The van der Waals surface area contributed by atoms with Crippen molar-refractivity contribution in [2.45, 2.75) is 31.3 Å². The van der Waals surface area contributed by atoms with Crippen molar-refractivity contribution in [3.8, 4) is 0 Å². The second-order valence-corrected chi connectivity index (χ2v) is 9.71. The van der Waals surface area contributed by atoms with E-state index in [1.165, 1.54) is 11.3 Å². The van der Waals surface area contributed by atoms with Crippen molar-refractivity contribution in [1.29, 1.82) is 0 Å². The number of anilines is 1. The average Bonchev–Trinajstić information content (AvgIpc) is 3.40. The first-order chi connectivity index (χ1) is 15.4. The third-order valence-corrected chi connectivity index (χ3v) is 6.98. The van der Waals surface area contributed by atoms with Gasteiger partial charge < -0.3 is 10.6 Å². The number of amides is 4. The van der Waals surface area contributed by atoms with E-state index in [0.29, 0.717) is 12.1 Å². The molecule has 164 valence electrons. The van der Waals surface area contributed by atoms with Crippen molar-refractivity contribution in [3.05, 3.63) is 86.1 Å². The predicted molar refractivity (Wildman–Crippen MR) is 134 cm³/mol. The zero-order valence-corrected chi connectivity index (χ0v) is 20.3. The number of carbonyl (C=O) groups is 3. The van der Waals surface area contributed by atoms with E-state index in [-0.39, 0.29) is 5.91 Å². The topological polar surface area (TPSA) is 78.5 Å². The molecule has 0 bridgehead atoms. The largest absolute Gasteiger partial charge is 0.325 e. The number of hydrogen-bond acceptors (Lipinski definition) is 4. The molecule has 1 aromatic heterocycles. The van der Waals surface area contributed by atoms with Crippen molar-refractivity contribution in [3.63, 3.8) is 0 Å². The molecule has 2 N–H and O–H groups in total. The Morgan fingerprint density at radius 3 is 2.50 bits per heavy atom. The number of thiophene rings is 1. The molecule has 0 aliphatic carbocycles. The van der Waals surface area contributed by atoms with Crippen LogP contribution in [0.5, 0.6) is 0 Å². The van der Waals surface area contributed by atoms with Crippen molar-refractivity contribution in [2.24, 2.45) is 0 Å². The monoisotopic (exact) mass is 559 g/mol. The zero-order chi connectivity index (χ0) is 22.7. The molecule has 8 heteroatoms. The van der Waals surface area contributed by atoms with E-state index in [0.717, 1.165) is 19.6 Å². The molecule has 1 aliphatic heterocycles. The van der Waals surface area contributed by atoms with E-state index in [2.05, 4.69) is 33.2 Å². The maximum Gasteiger partial charge on any atom is 0.325 e. The van der Waals surface area contributed by atoms with Crippen LogP contribution in [0.4, 0.5) is 10.5 Å². The summed E-state index contributed by atoms with van der Waals surface area (Å²) in [5.74, 6) is -1.18.